The van der Waals surface area contributed by atoms with Crippen molar-refractivity contribution in [2.45, 2.75) is 11.9 Å². The van der Waals surface area contributed by atoms with Gasteiger partial charge in [-0.2, -0.15) is 0 Å². The largest absolute Gasteiger partial charge is 0.497 e. The van der Waals surface area contributed by atoms with E-state index in [-0.39, 0.29) is 0 Å². The second-order valence-corrected chi connectivity index (χ2v) is 4.86. The lowest BCUT2D eigenvalue weighted by Crippen LogP contribution is -1.98. The van der Waals surface area contributed by atoms with Gasteiger partial charge in [-0.3, -0.25) is 0 Å². The summed E-state index contributed by atoms with van der Waals surface area (Å²) in [6.07, 6.45) is 1.78. The van der Waals surface area contributed by atoms with Gasteiger partial charge in [0.1, 0.15) is 23.1 Å². The molecule has 1 aromatic carbocycles. The monoisotopic (exact) mass is 313 g/mol. The highest BCUT2D eigenvalue weighted by Gasteiger charge is 2.06. The molecule has 0 saturated heterocycles. The number of halogens is 1. The van der Waals surface area contributed by atoms with E-state index in [4.69, 9.17) is 9.47 Å². The summed E-state index contributed by atoms with van der Waals surface area (Å²) in [6, 6.07) is 5.81. The maximum atomic E-state index is 5.75. The van der Waals surface area contributed by atoms with Crippen LogP contribution in [0.4, 0.5) is 0 Å². The molecule has 1 aromatic heterocycles. The van der Waals surface area contributed by atoms with Crippen molar-refractivity contribution in [2.24, 2.45) is 0 Å². The number of hydrogen-bond donors (Lipinski definition) is 0. The third kappa shape index (κ3) is 3.20. The zero-order valence-corrected chi connectivity index (χ0v) is 11.8. The van der Waals surface area contributed by atoms with Gasteiger partial charge in [0.15, 0.2) is 0 Å². The zero-order valence-electron chi connectivity index (χ0n) is 9.35. The van der Waals surface area contributed by atoms with Crippen LogP contribution in [0.2, 0.25) is 0 Å². The lowest BCUT2D eigenvalue weighted by molar-refractivity contribution is 0.300. The topological polar surface area (TPSA) is 31.4 Å². The standard InChI is InChI=1S/C12H12BrNO2S/c1-15-10-3-2-9(7-13)11(6-10)16-8-12-14-4-5-17-12/h2-6H,7-8H2,1H3. The lowest BCUT2D eigenvalue weighted by atomic mass is 10.2. The number of rotatable bonds is 5. The summed E-state index contributed by atoms with van der Waals surface area (Å²) in [5.41, 5.74) is 1.10. The Bertz CT molecular complexity index is 473. The van der Waals surface area contributed by atoms with Gasteiger partial charge in [-0.25, -0.2) is 4.98 Å². The third-order valence-corrected chi connectivity index (χ3v) is 3.61. The van der Waals surface area contributed by atoms with Gasteiger partial charge in [0.05, 0.1) is 7.11 Å². The van der Waals surface area contributed by atoms with Gasteiger partial charge < -0.3 is 9.47 Å². The highest BCUT2D eigenvalue weighted by atomic mass is 79.9. The molecule has 0 atom stereocenters. The van der Waals surface area contributed by atoms with Gasteiger partial charge in [0.2, 0.25) is 0 Å². The second kappa shape index (κ2) is 6.02. The molecule has 0 saturated carbocycles. The van der Waals surface area contributed by atoms with E-state index >= 15 is 0 Å². The molecule has 0 aliphatic carbocycles. The molecule has 0 spiro atoms. The number of aromatic nitrogens is 1. The van der Waals surface area contributed by atoms with E-state index < -0.39 is 0 Å². The van der Waals surface area contributed by atoms with Crippen LogP contribution in [0.25, 0.3) is 0 Å². The summed E-state index contributed by atoms with van der Waals surface area (Å²) in [7, 11) is 1.65. The van der Waals surface area contributed by atoms with E-state index in [9.17, 15) is 0 Å². The number of benzene rings is 1. The van der Waals surface area contributed by atoms with Gasteiger partial charge in [-0.05, 0) is 6.07 Å². The zero-order chi connectivity index (χ0) is 12.1. The van der Waals surface area contributed by atoms with E-state index in [0.717, 1.165) is 27.4 Å². The Morgan fingerprint density at radius 2 is 2.29 bits per heavy atom. The lowest BCUT2D eigenvalue weighted by Gasteiger charge is -2.10. The summed E-state index contributed by atoms with van der Waals surface area (Å²) in [6.45, 7) is 0.491. The van der Waals surface area contributed by atoms with Crippen molar-refractivity contribution in [1.82, 2.24) is 4.98 Å². The van der Waals surface area contributed by atoms with Gasteiger partial charge in [0, 0.05) is 28.5 Å². The van der Waals surface area contributed by atoms with Crippen molar-refractivity contribution in [3.63, 3.8) is 0 Å². The number of nitrogens with zero attached hydrogens (tertiary/aromatic N) is 1. The Balaban J connectivity index is 2.12. The molecule has 2 rings (SSSR count). The molecule has 0 amide bonds. The minimum atomic E-state index is 0.491. The molecule has 17 heavy (non-hydrogen) atoms. The number of hydrogen-bond acceptors (Lipinski definition) is 4. The summed E-state index contributed by atoms with van der Waals surface area (Å²) in [5, 5.41) is 3.66. The molecule has 5 heteroatoms. The maximum Gasteiger partial charge on any atom is 0.140 e. The molecule has 0 aliphatic heterocycles. The van der Waals surface area contributed by atoms with Crippen molar-refractivity contribution >= 4 is 27.3 Å². The molecular formula is C12H12BrNO2S. The third-order valence-electron chi connectivity index (χ3n) is 2.25. The predicted molar refractivity (Wildman–Crippen MR) is 72.1 cm³/mol. The van der Waals surface area contributed by atoms with Crippen LogP contribution in [-0.4, -0.2) is 12.1 Å². The molecule has 0 N–H and O–H groups in total. The first kappa shape index (κ1) is 12.4. The number of ether oxygens (including phenoxy) is 2. The normalized spacial score (nSPS) is 10.2. The van der Waals surface area contributed by atoms with E-state index in [1.54, 1.807) is 24.6 Å². The second-order valence-electron chi connectivity index (χ2n) is 3.32. The average Bonchev–Trinajstić information content (AvgIpc) is 2.89. The number of thiazole rings is 1. The first-order chi connectivity index (χ1) is 8.33. The highest BCUT2D eigenvalue weighted by Crippen LogP contribution is 2.27. The fourth-order valence-corrected chi connectivity index (χ4v) is 2.36. The Kier molecular flexibility index (Phi) is 4.39. The smallest absolute Gasteiger partial charge is 0.140 e. The molecule has 0 unspecified atom stereocenters. The van der Waals surface area contributed by atoms with Crippen molar-refractivity contribution < 1.29 is 9.47 Å². The van der Waals surface area contributed by atoms with E-state index in [1.165, 1.54) is 0 Å². The fourth-order valence-electron chi connectivity index (χ4n) is 1.37. The molecule has 0 aliphatic rings. The van der Waals surface area contributed by atoms with Crippen LogP contribution in [-0.2, 0) is 11.9 Å². The molecule has 0 fully saturated rings. The quantitative estimate of drug-likeness (QED) is 0.790. The van der Waals surface area contributed by atoms with Gasteiger partial charge >= 0.3 is 0 Å². The average molecular weight is 314 g/mol. The minimum Gasteiger partial charge on any atom is -0.497 e. The predicted octanol–water partition coefficient (Wildman–Crippen LogP) is 3.63. The molecule has 1 heterocycles. The van der Waals surface area contributed by atoms with Crippen LogP contribution in [0.5, 0.6) is 11.5 Å². The summed E-state index contributed by atoms with van der Waals surface area (Å²) < 4.78 is 10.9. The van der Waals surface area contributed by atoms with Gasteiger partial charge in [0.25, 0.3) is 0 Å². The van der Waals surface area contributed by atoms with E-state index in [1.807, 2.05) is 23.6 Å². The van der Waals surface area contributed by atoms with Gasteiger partial charge in [-0.15, -0.1) is 11.3 Å². The van der Waals surface area contributed by atoms with Crippen LogP contribution < -0.4 is 9.47 Å². The minimum absolute atomic E-state index is 0.491. The Morgan fingerprint density at radius 3 is 2.94 bits per heavy atom. The van der Waals surface area contributed by atoms with Crippen molar-refractivity contribution in [3.8, 4) is 11.5 Å². The van der Waals surface area contributed by atoms with E-state index in [2.05, 4.69) is 20.9 Å². The van der Waals surface area contributed by atoms with Crippen LogP contribution in [0.15, 0.2) is 29.8 Å². The van der Waals surface area contributed by atoms with Crippen LogP contribution in [0.1, 0.15) is 10.6 Å². The van der Waals surface area contributed by atoms with E-state index in [0.29, 0.717) is 6.61 Å². The van der Waals surface area contributed by atoms with Crippen molar-refractivity contribution in [3.05, 3.63) is 40.3 Å². The molecule has 3 nitrogen and oxygen atoms in total. The van der Waals surface area contributed by atoms with Crippen LogP contribution in [0, 0.1) is 0 Å². The SMILES string of the molecule is COc1ccc(CBr)c(OCc2nccs2)c1. The maximum absolute atomic E-state index is 5.75. The van der Waals surface area contributed by atoms with Crippen LogP contribution >= 0.6 is 27.3 Å². The van der Waals surface area contributed by atoms with Gasteiger partial charge in [-0.1, -0.05) is 22.0 Å². The fraction of sp³-hybridized carbons (Fsp3) is 0.250. The Morgan fingerprint density at radius 1 is 1.41 bits per heavy atom. The molecule has 90 valence electrons. The molecule has 2 aromatic rings. The summed E-state index contributed by atoms with van der Waals surface area (Å²) in [4.78, 5) is 4.18. The van der Waals surface area contributed by atoms with Crippen LogP contribution in [0.3, 0.4) is 0 Å². The summed E-state index contributed by atoms with van der Waals surface area (Å²) >= 11 is 5.03. The first-order valence-corrected chi connectivity index (χ1v) is 7.07. The first-order valence-electron chi connectivity index (χ1n) is 5.07. The van der Waals surface area contributed by atoms with Crippen molar-refractivity contribution in [2.75, 3.05) is 7.11 Å². The molecule has 0 bridgehead atoms. The molecular weight excluding hydrogens is 302 g/mol. The van der Waals surface area contributed by atoms with Crippen molar-refractivity contribution in [1.29, 1.82) is 0 Å². The molecule has 0 radical (unpaired) electrons. The summed E-state index contributed by atoms with van der Waals surface area (Å²) in [5.74, 6) is 1.63. The number of methoxy groups -OCH3 is 1. The number of alkyl halides is 1. The Labute approximate surface area is 113 Å². The highest BCUT2D eigenvalue weighted by molar-refractivity contribution is 9.08. The Hall–Kier alpha value is -1.07.